The average Bonchev–Trinajstić information content (AvgIpc) is 3.46. The zero-order chi connectivity index (χ0) is 23.7. The van der Waals surface area contributed by atoms with Crippen LogP contribution in [-0.4, -0.2) is 24.0 Å². The predicted octanol–water partition coefficient (Wildman–Crippen LogP) is 5.32. The van der Waals surface area contributed by atoms with Gasteiger partial charge in [-0.25, -0.2) is 0 Å². The van der Waals surface area contributed by atoms with Gasteiger partial charge in [-0.15, -0.1) is 0 Å². The highest BCUT2D eigenvalue weighted by atomic mass is 16.5. The summed E-state index contributed by atoms with van der Waals surface area (Å²) in [7, 11) is 0. The second kappa shape index (κ2) is 9.09. The fourth-order valence-electron chi connectivity index (χ4n) is 4.34. The van der Waals surface area contributed by atoms with Crippen LogP contribution >= 0.6 is 0 Å². The van der Waals surface area contributed by atoms with Crippen LogP contribution in [0.5, 0.6) is 11.5 Å². The molecule has 1 atom stereocenters. The Labute approximate surface area is 196 Å². The number of fused-ring (bicyclic) bond motifs is 2. The van der Waals surface area contributed by atoms with Crippen LogP contribution < -0.4 is 14.9 Å². The van der Waals surface area contributed by atoms with E-state index in [4.69, 9.17) is 18.3 Å². The third-order valence-electron chi connectivity index (χ3n) is 5.82. The number of rotatable bonds is 8. The summed E-state index contributed by atoms with van der Waals surface area (Å²) in [6.45, 7) is 5.13. The Morgan fingerprint density at radius 2 is 1.82 bits per heavy atom. The van der Waals surface area contributed by atoms with Crippen molar-refractivity contribution in [2.24, 2.45) is 0 Å². The Kier molecular flexibility index (Phi) is 5.84. The number of para-hydroxylation sites is 1. The van der Waals surface area contributed by atoms with Crippen LogP contribution in [0.15, 0.2) is 74.5 Å². The SMILES string of the molecule is CCCOc1ccc(C2c3c(oc4ccccc4c3=O)C(=O)N2Cc2ccco2)cc1OCC. The van der Waals surface area contributed by atoms with Crippen molar-refractivity contribution < 1.29 is 23.1 Å². The van der Waals surface area contributed by atoms with Crippen LogP contribution in [0.1, 0.15) is 53.8 Å². The first-order chi connectivity index (χ1) is 16.6. The minimum Gasteiger partial charge on any atom is -0.490 e. The summed E-state index contributed by atoms with van der Waals surface area (Å²) in [6, 6.07) is 15.4. The van der Waals surface area contributed by atoms with E-state index in [9.17, 15) is 9.59 Å². The lowest BCUT2D eigenvalue weighted by Crippen LogP contribution is -2.29. The molecule has 0 fully saturated rings. The Balaban J connectivity index is 1.68. The number of hydrogen-bond acceptors (Lipinski definition) is 6. The van der Waals surface area contributed by atoms with Gasteiger partial charge in [0.2, 0.25) is 5.76 Å². The van der Waals surface area contributed by atoms with E-state index in [-0.39, 0.29) is 23.6 Å². The van der Waals surface area contributed by atoms with E-state index in [2.05, 4.69) is 0 Å². The maximum absolute atomic E-state index is 13.6. The second-order valence-electron chi connectivity index (χ2n) is 8.07. The van der Waals surface area contributed by atoms with E-state index >= 15 is 0 Å². The molecule has 0 aliphatic carbocycles. The van der Waals surface area contributed by atoms with Gasteiger partial charge in [0.25, 0.3) is 5.91 Å². The van der Waals surface area contributed by atoms with Gasteiger partial charge in [-0.3, -0.25) is 9.59 Å². The molecule has 3 heterocycles. The zero-order valence-electron chi connectivity index (χ0n) is 19.1. The average molecular weight is 459 g/mol. The molecular formula is C27H25NO6. The van der Waals surface area contributed by atoms with E-state index in [1.165, 1.54) is 0 Å². The predicted molar refractivity (Wildman–Crippen MR) is 126 cm³/mol. The molecule has 0 radical (unpaired) electrons. The molecule has 0 saturated carbocycles. The van der Waals surface area contributed by atoms with Gasteiger partial charge >= 0.3 is 0 Å². The molecule has 1 aliphatic heterocycles. The van der Waals surface area contributed by atoms with E-state index in [1.54, 1.807) is 47.6 Å². The smallest absolute Gasteiger partial charge is 0.291 e. The van der Waals surface area contributed by atoms with E-state index in [0.29, 0.717) is 47.0 Å². The van der Waals surface area contributed by atoms with Gasteiger partial charge < -0.3 is 23.2 Å². The quantitative estimate of drug-likeness (QED) is 0.355. The summed E-state index contributed by atoms with van der Waals surface area (Å²) < 4.78 is 23.2. The molecule has 7 heteroatoms. The van der Waals surface area contributed by atoms with Crippen molar-refractivity contribution in [2.75, 3.05) is 13.2 Å². The van der Waals surface area contributed by atoms with Gasteiger partial charge in [-0.1, -0.05) is 25.1 Å². The highest BCUT2D eigenvalue weighted by Crippen LogP contribution is 2.41. The third-order valence-corrected chi connectivity index (χ3v) is 5.82. The molecule has 2 aromatic carbocycles. The summed E-state index contributed by atoms with van der Waals surface area (Å²) in [5, 5.41) is 0.437. The number of hydrogen-bond donors (Lipinski definition) is 0. The van der Waals surface area contributed by atoms with Gasteiger partial charge in [0, 0.05) is 0 Å². The molecule has 0 N–H and O–H groups in total. The van der Waals surface area contributed by atoms with Crippen LogP contribution in [-0.2, 0) is 6.54 Å². The maximum atomic E-state index is 13.6. The van der Waals surface area contributed by atoms with Gasteiger partial charge in [0.15, 0.2) is 16.9 Å². The Hall–Kier alpha value is -4.00. The first kappa shape index (κ1) is 21.8. The molecule has 4 aromatic rings. The van der Waals surface area contributed by atoms with Crippen molar-refractivity contribution in [1.29, 1.82) is 0 Å². The Bertz CT molecular complexity index is 1390. The number of carbonyl (C=O) groups is 1. The molecule has 34 heavy (non-hydrogen) atoms. The van der Waals surface area contributed by atoms with Crippen molar-refractivity contribution in [3.8, 4) is 11.5 Å². The lowest BCUT2D eigenvalue weighted by atomic mass is 9.98. The van der Waals surface area contributed by atoms with Crippen molar-refractivity contribution >= 4 is 16.9 Å². The van der Waals surface area contributed by atoms with Crippen molar-refractivity contribution in [3.05, 3.63) is 93.7 Å². The van der Waals surface area contributed by atoms with Crippen molar-refractivity contribution in [1.82, 2.24) is 4.90 Å². The van der Waals surface area contributed by atoms with Gasteiger partial charge in [0.1, 0.15) is 11.3 Å². The largest absolute Gasteiger partial charge is 0.490 e. The summed E-state index contributed by atoms with van der Waals surface area (Å²) in [5.74, 6) is 1.50. The third kappa shape index (κ3) is 3.73. The fourth-order valence-corrected chi connectivity index (χ4v) is 4.34. The summed E-state index contributed by atoms with van der Waals surface area (Å²) in [4.78, 5) is 28.7. The van der Waals surface area contributed by atoms with E-state index in [0.717, 1.165) is 12.0 Å². The summed E-state index contributed by atoms with van der Waals surface area (Å²) in [6.07, 6.45) is 2.42. The Morgan fingerprint density at radius 1 is 0.971 bits per heavy atom. The molecule has 0 bridgehead atoms. The lowest BCUT2D eigenvalue weighted by Gasteiger charge is -2.25. The fraction of sp³-hybridized carbons (Fsp3) is 0.259. The topological polar surface area (TPSA) is 82.1 Å². The van der Waals surface area contributed by atoms with Crippen LogP contribution in [0.25, 0.3) is 11.0 Å². The monoisotopic (exact) mass is 459 g/mol. The summed E-state index contributed by atoms with van der Waals surface area (Å²) in [5.41, 5.74) is 1.21. The number of benzene rings is 2. The molecule has 174 valence electrons. The molecule has 0 saturated heterocycles. The molecule has 5 rings (SSSR count). The Morgan fingerprint density at radius 3 is 2.59 bits per heavy atom. The number of furan rings is 1. The van der Waals surface area contributed by atoms with Crippen LogP contribution in [0.4, 0.5) is 0 Å². The van der Waals surface area contributed by atoms with E-state index in [1.807, 2.05) is 32.0 Å². The molecule has 2 aromatic heterocycles. The zero-order valence-corrected chi connectivity index (χ0v) is 19.1. The first-order valence-electron chi connectivity index (χ1n) is 11.4. The molecule has 0 spiro atoms. The molecule has 1 aliphatic rings. The molecular weight excluding hydrogens is 434 g/mol. The minimum atomic E-state index is -0.659. The first-order valence-corrected chi connectivity index (χ1v) is 11.4. The number of ether oxygens (including phenoxy) is 2. The molecule has 7 nitrogen and oxygen atoms in total. The highest BCUT2D eigenvalue weighted by molar-refractivity contribution is 5.99. The molecule has 1 unspecified atom stereocenters. The van der Waals surface area contributed by atoms with Gasteiger partial charge in [-0.05, 0) is 55.3 Å². The van der Waals surface area contributed by atoms with Crippen LogP contribution in [0, 0.1) is 0 Å². The van der Waals surface area contributed by atoms with Gasteiger partial charge in [-0.2, -0.15) is 0 Å². The highest BCUT2D eigenvalue weighted by Gasteiger charge is 2.43. The second-order valence-corrected chi connectivity index (χ2v) is 8.07. The van der Waals surface area contributed by atoms with E-state index < -0.39 is 6.04 Å². The lowest BCUT2D eigenvalue weighted by molar-refractivity contribution is 0.0701. The van der Waals surface area contributed by atoms with Crippen molar-refractivity contribution in [2.45, 2.75) is 32.9 Å². The normalized spacial score (nSPS) is 15.1. The van der Waals surface area contributed by atoms with Crippen molar-refractivity contribution in [3.63, 3.8) is 0 Å². The molecule has 1 amide bonds. The van der Waals surface area contributed by atoms with Gasteiger partial charge in [0.05, 0.1) is 43.0 Å². The number of carbonyl (C=O) groups excluding carboxylic acids is 1. The minimum absolute atomic E-state index is 0.0597. The van der Waals surface area contributed by atoms with Crippen LogP contribution in [0.2, 0.25) is 0 Å². The summed E-state index contributed by atoms with van der Waals surface area (Å²) >= 11 is 0. The number of amides is 1. The maximum Gasteiger partial charge on any atom is 0.291 e. The van der Waals surface area contributed by atoms with Crippen LogP contribution in [0.3, 0.4) is 0 Å². The number of nitrogens with zero attached hydrogens (tertiary/aromatic N) is 1. The standard InChI is InChI=1S/C27H25NO6/c1-3-13-33-21-12-11-17(15-22(21)31-4-2)24-23-25(29)19-9-5-6-10-20(19)34-26(23)27(30)28(24)16-18-8-7-14-32-18/h5-12,14-15,24H,3-4,13,16H2,1-2H3.